The van der Waals surface area contributed by atoms with Crippen LogP contribution in [0.15, 0.2) is 54.9 Å². The lowest BCUT2D eigenvalue weighted by Crippen LogP contribution is -2.34. The van der Waals surface area contributed by atoms with Gasteiger partial charge in [-0.15, -0.1) is 0 Å². The highest BCUT2D eigenvalue weighted by Gasteiger charge is 2.32. The van der Waals surface area contributed by atoms with Crippen LogP contribution in [0, 0.1) is 0 Å². The van der Waals surface area contributed by atoms with Crippen LogP contribution < -0.4 is 11.1 Å². The van der Waals surface area contributed by atoms with Crippen molar-refractivity contribution in [3.05, 3.63) is 65.8 Å². The monoisotopic (exact) mass is 449 g/mol. The normalized spacial score (nSPS) is 15.9. The number of imidazole rings is 1. The Kier molecular flexibility index (Phi) is 5.02. The highest BCUT2D eigenvalue weighted by Crippen LogP contribution is 2.33. The van der Waals surface area contributed by atoms with E-state index < -0.39 is 6.03 Å². The Hall–Kier alpha value is -3.85. The highest BCUT2D eigenvalue weighted by molar-refractivity contribution is 6.29. The predicted molar refractivity (Wildman–Crippen MR) is 121 cm³/mol. The van der Waals surface area contributed by atoms with Crippen LogP contribution in [0.1, 0.15) is 24.7 Å². The van der Waals surface area contributed by atoms with Crippen molar-refractivity contribution in [3.8, 4) is 11.4 Å². The third-order valence-electron chi connectivity index (χ3n) is 5.61. The summed E-state index contributed by atoms with van der Waals surface area (Å²) in [4.78, 5) is 38.8. The van der Waals surface area contributed by atoms with E-state index in [4.69, 9.17) is 17.3 Å². The van der Waals surface area contributed by atoms with Crippen molar-refractivity contribution in [2.75, 3.05) is 11.9 Å². The van der Waals surface area contributed by atoms with Crippen LogP contribution in [0.2, 0.25) is 5.15 Å². The maximum absolute atomic E-state index is 13.2. The van der Waals surface area contributed by atoms with Gasteiger partial charge in [-0.2, -0.15) is 0 Å². The molecule has 0 unspecified atom stereocenters. The number of nitrogens with two attached hydrogens (primary N) is 1. The number of primary amides is 1. The minimum atomic E-state index is -0.613. The SMILES string of the molecule is NC(=O)n1cc(NC(=O)N2CCC[C@H]2c2ncc(-c3cccc(Cl)n3)[nH]2)c2ccccc21. The number of hydrogen-bond acceptors (Lipinski definition) is 4. The minimum Gasteiger partial charge on any atom is -0.351 e. The number of carbonyl (C=O) groups is 2. The number of urea groups is 1. The molecule has 4 N–H and O–H groups in total. The van der Waals surface area contributed by atoms with Crippen LogP contribution in [0.25, 0.3) is 22.3 Å². The molecule has 4 heterocycles. The first-order chi connectivity index (χ1) is 15.5. The number of nitrogens with zero attached hydrogens (tertiary/aromatic N) is 4. The topological polar surface area (TPSA) is 122 Å². The standard InChI is InChI=1S/C22H20ClN7O2/c23-19-9-3-6-14(26-19)15-11-25-20(27-15)18-8-4-10-29(18)22(32)28-16-12-30(21(24)31)17-7-2-1-5-13(16)17/h1-3,5-7,9,11-12,18H,4,8,10H2,(H2,24,31)(H,25,27)(H,28,32)/t18-/m0/s1. The molecule has 10 heteroatoms. The van der Waals surface area contributed by atoms with Crippen LogP contribution >= 0.6 is 11.6 Å². The number of fused-ring (bicyclic) bond motifs is 1. The smallest absolute Gasteiger partial charge is 0.323 e. The zero-order chi connectivity index (χ0) is 22.2. The number of hydrogen-bond donors (Lipinski definition) is 3. The number of anilines is 1. The van der Waals surface area contributed by atoms with Crippen LogP contribution in [0.3, 0.4) is 0 Å². The largest absolute Gasteiger partial charge is 0.351 e. The van der Waals surface area contributed by atoms with Crippen molar-refractivity contribution >= 4 is 40.3 Å². The average Bonchev–Trinajstić information content (AvgIpc) is 3.52. The van der Waals surface area contributed by atoms with Crippen molar-refractivity contribution < 1.29 is 9.59 Å². The maximum atomic E-state index is 13.2. The number of likely N-dealkylation sites (tertiary alicyclic amines) is 1. The van der Waals surface area contributed by atoms with Gasteiger partial charge in [0.15, 0.2) is 0 Å². The Bertz CT molecular complexity index is 1330. The van der Waals surface area contributed by atoms with Crippen molar-refractivity contribution in [1.29, 1.82) is 0 Å². The van der Waals surface area contributed by atoms with Gasteiger partial charge in [0.25, 0.3) is 0 Å². The molecule has 3 amide bonds. The van der Waals surface area contributed by atoms with Gasteiger partial charge in [0.05, 0.1) is 34.8 Å². The summed E-state index contributed by atoms with van der Waals surface area (Å²) in [6.45, 7) is 0.594. The van der Waals surface area contributed by atoms with Crippen LogP contribution in [-0.2, 0) is 0 Å². The maximum Gasteiger partial charge on any atom is 0.323 e. The second-order valence-corrected chi connectivity index (χ2v) is 7.96. The fraction of sp³-hybridized carbons (Fsp3) is 0.182. The van der Waals surface area contributed by atoms with E-state index in [1.54, 1.807) is 29.4 Å². The minimum absolute atomic E-state index is 0.201. The molecule has 9 nitrogen and oxygen atoms in total. The number of carbonyl (C=O) groups excluding carboxylic acids is 2. The van der Waals surface area contributed by atoms with E-state index in [2.05, 4.69) is 20.3 Å². The number of rotatable bonds is 3. The second kappa shape index (κ2) is 8.01. The summed E-state index contributed by atoms with van der Waals surface area (Å²) in [6, 6.07) is 11.6. The summed E-state index contributed by atoms with van der Waals surface area (Å²) in [6.07, 6.45) is 4.88. The molecule has 3 aromatic heterocycles. The number of pyridine rings is 1. The van der Waals surface area contributed by atoms with E-state index in [1.807, 2.05) is 30.3 Å². The third-order valence-corrected chi connectivity index (χ3v) is 5.82. The molecule has 0 aliphatic carbocycles. The number of aromatic nitrogens is 4. The summed E-state index contributed by atoms with van der Waals surface area (Å²) < 4.78 is 1.32. The summed E-state index contributed by atoms with van der Waals surface area (Å²) in [5.41, 5.74) is 8.06. The first-order valence-electron chi connectivity index (χ1n) is 10.2. The van der Waals surface area contributed by atoms with Gasteiger partial charge in [-0.3, -0.25) is 4.57 Å². The molecule has 0 bridgehead atoms. The van der Waals surface area contributed by atoms with E-state index in [1.165, 1.54) is 4.57 Å². The number of halogens is 1. The van der Waals surface area contributed by atoms with Crippen LogP contribution in [-0.4, -0.2) is 43.0 Å². The molecule has 1 aliphatic rings. The predicted octanol–water partition coefficient (Wildman–Crippen LogP) is 4.38. The van der Waals surface area contributed by atoms with Crippen molar-refractivity contribution in [1.82, 2.24) is 24.4 Å². The number of aromatic amines is 1. The van der Waals surface area contributed by atoms with Gasteiger partial charge in [0, 0.05) is 18.1 Å². The molecule has 1 aliphatic heterocycles. The lowest BCUT2D eigenvalue weighted by Gasteiger charge is -2.23. The highest BCUT2D eigenvalue weighted by atomic mass is 35.5. The van der Waals surface area contributed by atoms with Crippen molar-refractivity contribution in [2.45, 2.75) is 18.9 Å². The molecular weight excluding hydrogens is 430 g/mol. The van der Waals surface area contributed by atoms with Gasteiger partial charge >= 0.3 is 12.1 Å². The lowest BCUT2D eigenvalue weighted by molar-refractivity contribution is 0.205. The first kappa shape index (κ1) is 20.1. The number of benzene rings is 1. The number of nitrogens with one attached hydrogen (secondary N) is 2. The first-order valence-corrected chi connectivity index (χ1v) is 10.5. The number of amides is 3. The molecule has 162 valence electrons. The lowest BCUT2D eigenvalue weighted by atomic mass is 10.2. The van der Waals surface area contributed by atoms with Gasteiger partial charge in [0.1, 0.15) is 11.0 Å². The Morgan fingerprint density at radius 3 is 2.84 bits per heavy atom. The second-order valence-electron chi connectivity index (χ2n) is 7.58. The van der Waals surface area contributed by atoms with Gasteiger partial charge in [-0.1, -0.05) is 35.9 Å². The molecule has 1 atom stereocenters. The van der Waals surface area contributed by atoms with Gasteiger partial charge in [-0.25, -0.2) is 19.6 Å². The Morgan fingerprint density at radius 2 is 2.03 bits per heavy atom. The summed E-state index contributed by atoms with van der Waals surface area (Å²) >= 11 is 6.00. The Labute approximate surface area is 188 Å². The van der Waals surface area contributed by atoms with Crippen LogP contribution in [0.5, 0.6) is 0 Å². The third kappa shape index (κ3) is 3.56. The van der Waals surface area contributed by atoms with Crippen molar-refractivity contribution in [2.24, 2.45) is 5.73 Å². The van der Waals surface area contributed by atoms with E-state index >= 15 is 0 Å². The van der Waals surface area contributed by atoms with Gasteiger partial charge < -0.3 is 20.9 Å². The zero-order valence-corrected chi connectivity index (χ0v) is 17.7. The quantitative estimate of drug-likeness (QED) is 0.402. The Morgan fingerprint density at radius 1 is 1.19 bits per heavy atom. The molecule has 0 radical (unpaired) electrons. The molecule has 1 saturated heterocycles. The molecule has 4 aromatic rings. The fourth-order valence-corrected chi connectivity index (χ4v) is 4.30. The van der Waals surface area contributed by atoms with E-state index in [9.17, 15) is 9.59 Å². The number of para-hydroxylation sites is 1. The molecule has 1 aromatic carbocycles. The summed E-state index contributed by atoms with van der Waals surface area (Å²) in [5.74, 6) is 0.689. The fourth-order valence-electron chi connectivity index (χ4n) is 4.14. The average molecular weight is 450 g/mol. The molecule has 0 spiro atoms. The van der Waals surface area contributed by atoms with Crippen LogP contribution in [0.4, 0.5) is 15.3 Å². The van der Waals surface area contributed by atoms with Crippen molar-refractivity contribution in [3.63, 3.8) is 0 Å². The zero-order valence-electron chi connectivity index (χ0n) is 17.0. The summed E-state index contributed by atoms with van der Waals surface area (Å²) in [7, 11) is 0. The van der Waals surface area contributed by atoms with E-state index in [0.717, 1.165) is 23.9 Å². The van der Waals surface area contributed by atoms with E-state index in [0.29, 0.717) is 34.4 Å². The van der Waals surface area contributed by atoms with Gasteiger partial charge in [0.2, 0.25) is 0 Å². The van der Waals surface area contributed by atoms with E-state index in [-0.39, 0.29) is 12.1 Å². The number of H-pyrrole nitrogens is 1. The molecule has 5 rings (SSSR count). The Balaban J connectivity index is 1.39. The molecular formula is C22H20ClN7O2. The molecule has 32 heavy (non-hydrogen) atoms. The molecule has 1 fully saturated rings. The molecule has 0 saturated carbocycles. The van der Waals surface area contributed by atoms with Gasteiger partial charge in [-0.05, 0) is 31.0 Å². The summed E-state index contributed by atoms with van der Waals surface area (Å²) in [5, 5.41) is 4.07.